The van der Waals surface area contributed by atoms with E-state index in [0.29, 0.717) is 22.6 Å². The first-order chi connectivity index (χ1) is 17.4. The number of nitrogens with zero attached hydrogens (tertiary/aromatic N) is 1. The summed E-state index contributed by atoms with van der Waals surface area (Å²) < 4.78 is 10.5. The molecule has 0 bridgehead atoms. The maximum Gasteiger partial charge on any atom is 0.408 e. The number of nitrogens with one attached hydrogen (secondary N) is 2. The highest BCUT2D eigenvalue weighted by Gasteiger charge is 2.44. The standard InChI is InChI=1S/C27H35N3O6S/c1-16-14-17(6-13-22(16)31)23(24(32)28-18-7-11-20(35-5)12-8-18)30(19-9-10-19)25(33)21(15-37)29-26(34)36-27(2,3)4/h6-8,11-14,19,21,23,31,37H,9-10,15H2,1-5H3,(H,28,32)(H,29,34). The summed E-state index contributed by atoms with van der Waals surface area (Å²) >= 11 is 4.30. The minimum Gasteiger partial charge on any atom is -0.508 e. The van der Waals surface area contributed by atoms with Gasteiger partial charge in [-0.3, -0.25) is 9.59 Å². The van der Waals surface area contributed by atoms with Gasteiger partial charge in [-0.25, -0.2) is 4.79 Å². The number of rotatable bonds is 9. The molecule has 3 rings (SSSR count). The van der Waals surface area contributed by atoms with E-state index in [1.807, 2.05) is 0 Å². The lowest BCUT2D eigenvalue weighted by Gasteiger charge is -2.34. The molecule has 2 unspecified atom stereocenters. The van der Waals surface area contributed by atoms with E-state index in [9.17, 15) is 19.5 Å². The second-order valence-electron chi connectivity index (χ2n) is 10.0. The molecule has 0 radical (unpaired) electrons. The number of alkyl carbamates (subject to hydrolysis) is 1. The number of carbonyl (C=O) groups excluding carboxylic acids is 3. The quantitative estimate of drug-likeness (QED) is 0.362. The minimum absolute atomic E-state index is 0.0166. The monoisotopic (exact) mass is 529 g/mol. The molecule has 0 aliphatic heterocycles. The van der Waals surface area contributed by atoms with E-state index in [-0.39, 0.29) is 17.5 Å². The van der Waals surface area contributed by atoms with E-state index in [4.69, 9.17) is 9.47 Å². The Kier molecular flexibility index (Phi) is 8.96. The van der Waals surface area contributed by atoms with E-state index in [0.717, 1.165) is 12.8 Å². The number of ether oxygens (including phenoxy) is 2. The second-order valence-corrected chi connectivity index (χ2v) is 10.4. The van der Waals surface area contributed by atoms with E-state index >= 15 is 0 Å². The van der Waals surface area contributed by atoms with Crippen LogP contribution in [0.15, 0.2) is 42.5 Å². The Bertz CT molecular complexity index is 1130. The highest BCUT2D eigenvalue weighted by Crippen LogP contribution is 2.37. The number of anilines is 1. The summed E-state index contributed by atoms with van der Waals surface area (Å²) in [5.41, 5.74) is 0.902. The van der Waals surface area contributed by atoms with Crippen molar-refractivity contribution in [3.63, 3.8) is 0 Å². The van der Waals surface area contributed by atoms with Gasteiger partial charge in [0.25, 0.3) is 5.91 Å². The van der Waals surface area contributed by atoms with Gasteiger partial charge in [-0.2, -0.15) is 12.6 Å². The number of aromatic hydroxyl groups is 1. The number of thiol groups is 1. The van der Waals surface area contributed by atoms with Crippen LogP contribution < -0.4 is 15.4 Å². The lowest BCUT2D eigenvalue weighted by Crippen LogP contribution is -2.54. The zero-order valence-corrected chi connectivity index (χ0v) is 22.7. The normalized spacial score (nSPS) is 14.8. The van der Waals surface area contributed by atoms with Crippen LogP contribution in [0.4, 0.5) is 10.5 Å². The zero-order valence-electron chi connectivity index (χ0n) is 21.8. The Labute approximate surface area is 222 Å². The Morgan fingerprint density at radius 1 is 1.14 bits per heavy atom. The number of methoxy groups -OCH3 is 1. The predicted molar refractivity (Wildman–Crippen MR) is 144 cm³/mol. The maximum atomic E-state index is 13.8. The lowest BCUT2D eigenvalue weighted by molar-refractivity contribution is -0.141. The molecule has 0 heterocycles. The summed E-state index contributed by atoms with van der Waals surface area (Å²) in [5.74, 6) is -0.122. The average Bonchev–Trinajstić information content (AvgIpc) is 3.67. The van der Waals surface area contributed by atoms with E-state index in [2.05, 4.69) is 23.3 Å². The van der Waals surface area contributed by atoms with Crippen LogP contribution in [0.25, 0.3) is 0 Å². The third-order valence-electron chi connectivity index (χ3n) is 5.79. The molecule has 0 spiro atoms. The summed E-state index contributed by atoms with van der Waals surface area (Å²) in [6, 6.07) is 9.48. The smallest absolute Gasteiger partial charge is 0.408 e. The van der Waals surface area contributed by atoms with Gasteiger partial charge in [0.1, 0.15) is 29.2 Å². The Morgan fingerprint density at radius 3 is 2.30 bits per heavy atom. The molecule has 3 N–H and O–H groups in total. The highest BCUT2D eigenvalue weighted by molar-refractivity contribution is 7.80. The van der Waals surface area contributed by atoms with Crippen LogP contribution in [0.2, 0.25) is 0 Å². The molecule has 0 aromatic heterocycles. The van der Waals surface area contributed by atoms with Gasteiger partial charge in [0.05, 0.1) is 7.11 Å². The minimum atomic E-state index is -1.01. The number of hydrogen-bond donors (Lipinski definition) is 4. The van der Waals surface area contributed by atoms with E-state index in [1.165, 1.54) is 11.0 Å². The fourth-order valence-corrected chi connectivity index (χ4v) is 4.11. The van der Waals surface area contributed by atoms with Crippen LogP contribution in [0.3, 0.4) is 0 Å². The number of hydrogen-bond acceptors (Lipinski definition) is 7. The average molecular weight is 530 g/mol. The SMILES string of the molecule is COc1ccc(NC(=O)C(c2ccc(O)c(C)c2)N(C(=O)C(CS)NC(=O)OC(C)(C)C)C2CC2)cc1. The molecular formula is C27H35N3O6S. The first kappa shape index (κ1) is 28.2. The van der Waals surface area contributed by atoms with E-state index in [1.54, 1.807) is 71.2 Å². The van der Waals surface area contributed by atoms with Gasteiger partial charge in [-0.05, 0) is 88.1 Å². The molecule has 9 nitrogen and oxygen atoms in total. The number of phenolic OH excluding ortho intramolecular Hbond substituents is 1. The number of aryl methyl sites for hydroxylation is 1. The first-order valence-electron chi connectivity index (χ1n) is 12.1. The van der Waals surface area contributed by atoms with Crippen LogP contribution in [-0.4, -0.2) is 58.5 Å². The molecule has 10 heteroatoms. The van der Waals surface area contributed by atoms with Gasteiger partial charge in [-0.1, -0.05) is 6.07 Å². The molecule has 2 aromatic carbocycles. The van der Waals surface area contributed by atoms with Crippen LogP contribution in [0, 0.1) is 6.92 Å². The summed E-state index contributed by atoms with van der Waals surface area (Å²) in [7, 11) is 1.55. The third kappa shape index (κ3) is 7.55. The van der Waals surface area contributed by atoms with Gasteiger partial charge >= 0.3 is 6.09 Å². The van der Waals surface area contributed by atoms with Crippen molar-refractivity contribution in [3.05, 3.63) is 53.6 Å². The number of benzene rings is 2. The molecule has 1 aliphatic carbocycles. The zero-order chi connectivity index (χ0) is 27.3. The molecule has 3 amide bonds. The van der Waals surface area contributed by atoms with Crippen LogP contribution in [0.1, 0.15) is 50.8 Å². The van der Waals surface area contributed by atoms with Crippen LogP contribution in [0.5, 0.6) is 11.5 Å². The molecule has 2 aromatic rings. The largest absolute Gasteiger partial charge is 0.508 e. The molecule has 200 valence electrons. The van der Waals surface area contributed by atoms with Gasteiger partial charge < -0.3 is 30.1 Å². The third-order valence-corrected chi connectivity index (χ3v) is 6.15. The summed E-state index contributed by atoms with van der Waals surface area (Å²) in [5, 5.41) is 15.6. The molecule has 1 saturated carbocycles. The molecular weight excluding hydrogens is 494 g/mol. The summed E-state index contributed by atoms with van der Waals surface area (Å²) in [6.07, 6.45) is 0.706. The van der Waals surface area contributed by atoms with Gasteiger partial charge in [-0.15, -0.1) is 0 Å². The van der Waals surface area contributed by atoms with Crippen LogP contribution in [-0.2, 0) is 14.3 Å². The second kappa shape index (κ2) is 11.8. The fourth-order valence-electron chi connectivity index (χ4n) is 3.86. The number of amides is 3. The molecule has 1 fully saturated rings. The Hall–Kier alpha value is -3.40. The van der Waals surface area contributed by atoms with Crippen LogP contribution >= 0.6 is 12.6 Å². The van der Waals surface area contributed by atoms with Crippen molar-refractivity contribution < 1.29 is 29.0 Å². The van der Waals surface area contributed by atoms with Crippen molar-refractivity contribution in [1.82, 2.24) is 10.2 Å². The van der Waals surface area contributed by atoms with Crippen molar-refractivity contribution >= 4 is 36.2 Å². The Balaban J connectivity index is 1.95. The van der Waals surface area contributed by atoms with Crippen molar-refractivity contribution in [1.29, 1.82) is 0 Å². The highest BCUT2D eigenvalue weighted by atomic mass is 32.1. The summed E-state index contributed by atoms with van der Waals surface area (Å²) in [6.45, 7) is 6.91. The number of carbonyl (C=O) groups is 3. The molecule has 37 heavy (non-hydrogen) atoms. The molecule has 0 saturated heterocycles. The summed E-state index contributed by atoms with van der Waals surface area (Å²) in [4.78, 5) is 41.5. The van der Waals surface area contributed by atoms with Crippen molar-refractivity contribution in [2.45, 2.75) is 64.3 Å². The van der Waals surface area contributed by atoms with Gasteiger partial charge in [0.2, 0.25) is 5.91 Å². The molecule has 2 atom stereocenters. The van der Waals surface area contributed by atoms with Gasteiger partial charge in [0.15, 0.2) is 0 Å². The van der Waals surface area contributed by atoms with Gasteiger partial charge in [0, 0.05) is 17.5 Å². The molecule has 1 aliphatic rings. The number of phenols is 1. The topological polar surface area (TPSA) is 117 Å². The fraction of sp³-hybridized carbons (Fsp3) is 0.444. The predicted octanol–water partition coefficient (Wildman–Crippen LogP) is 4.20. The van der Waals surface area contributed by atoms with Crippen molar-refractivity contribution in [2.24, 2.45) is 0 Å². The van der Waals surface area contributed by atoms with Crippen molar-refractivity contribution in [3.8, 4) is 11.5 Å². The maximum absolute atomic E-state index is 13.8. The Morgan fingerprint density at radius 2 is 1.78 bits per heavy atom. The van der Waals surface area contributed by atoms with E-state index < -0.39 is 35.6 Å². The van der Waals surface area contributed by atoms with Crippen molar-refractivity contribution in [2.75, 3.05) is 18.2 Å². The lowest BCUT2D eigenvalue weighted by atomic mass is 10.00. The first-order valence-corrected chi connectivity index (χ1v) is 12.7.